The maximum absolute atomic E-state index is 5.88. The van der Waals surface area contributed by atoms with Gasteiger partial charge in [-0.3, -0.25) is 0 Å². The van der Waals surface area contributed by atoms with Crippen molar-refractivity contribution < 1.29 is 4.52 Å². The smallest absolute Gasteiger partial charge is 0.226 e. The molecule has 96 valence electrons. The third-order valence-corrected chi connectivity index (χ3v) is 3.69. The molecule has 1 aliphatic rings. The first-order chi connectivity index (χ1) is 8.29. The van der Waals surface area contributed by atoms with E-state index in [-0.39, 0.29) is 6.04 Å². The molecule has 0 bridgehead atoms. The molecule has 2 rings (SSSR count). The molecule has 0 radical (unpaired) electrons. The molecule has 0 aromatic carbocycles. The summed E-state index contributed by atoms with van der Waals surface area (Å²) in [5.74, 6) is 2.16. The Morgan fingerprint density at radius 2 is 2.00 bits per heavy atom. The molecule has 1 fully saturated rings. The lowest BCUT2D eigenvalue weighted by molar-refractivity contribution is 0.334. The van der Waals surface area contributed by atoms with Gasteiger partial charge in [0.05, 0.1) is 6.04 Å². The van der Waals surface area contributed by atoms with E-state index in [2.05, 4.69) is 10.1 Å². The molecule has 1 unspecified atom stereocenters. The van der Waals surface area contributed by atoms with Gasteiger partial charge >= 0.3 is 0 Å². The number of rotatable bonds is 4. The molecular weight excluding hydrogens is 214 g/mol. The van der Waals surface area contributed by atoms with Crippen LogP contribution in [-0.4, -0.2) is 10.1 Å². The van der Waals surface area contributed by atoms with Crippen LogP contribution in [0.3, 0.4) is 0 Å². The molecule has 4 nitrogen and oxygen atoms in total. The van der Waals surface area contributed by atoms with E-state index in [9.17, 15) is 0 Å². The molecule has 0 spiro atoms. The van der Waals surface area contributed by atoms with Crippen molar-refractivity contribution in [3.63, 3.8) is 0 Å². The van der Waals surface area contributed by atoms with E-state index >= 15 is 0 Å². The van der Waals surface area contributed by atoms with Crippen molar-refractivity contribution in [2.75, 3.05) is 0 Å². The zero-order valence-corrected chi connectivity index (χ0v) is 10.7. The van der Waals surface area contributed by atoms with Crippen molar-refractivity contribution in [2.24, 2.45) is 11.7 Å². The molecule has 0 aliphatic heterocycles. The maximum Gasteiger partial charge on any atom is 0.226 e. The molecule has 1 aromatic heterocycles. The lowest BCUT2D eigenvalue weighted by Gasteiger charge is -2.09. The fourth-order valence-corrected chi connectivity index (χ4v) is 2.50. The molecule has 0 saturated heterocycles. The highest BCUT2D eigenvalue weighted by Gasteiger charge is 2.18. The number of hydrogen-bond acceptors (Lipinski definition) is 4. The first-order valence-electron chi connectivity index (χ1n) is 6.87. The minimum atomic E-state index is -0.0818. The lowest BCUT2D eigenvalue weighted by Crippen LogP contribution is -2.10. The molecule has 1 aliphatic carbocycles. The second-order valence-corrected chi connectivity index (χ2v) is 5.12. The quantitative estimate of drug-likeness (QED) is 0.817. The van der Waals surface area contributed by atoms with Gasteiger partial charge in [0.2, 0.25) is 5.89 Å². The predicted molar refractivity (Wildman–Crippen MR) is 66.4 cm³/mol. The van der Waals surface area contributed by atoms with Crippen LogP contribution >= 0.6 is 0 Å². The van der Waals surface area contributed by atoms with Gasteiger partial charge in [0, 0.05) is 6.42 Å². The Kier molecular flexibility index (Phi) is 4.54. The van der Waals surface area contributed by atoms with E-state index in [0.29, 0.717) is 5.82 Å². The van der Waals surface area contributed by atoms with Crippen molar-refractivity contribution in [1.29, 1.82) is 0 Å². The third-order valence-electron chi connectivity index (χ3n) is 3.69. The highest BCUT2D eigenvalue weighted by molar-refractivity contribution is 4.93. The van der Waals surface area contributed by atoms with E-state index in [1.54, 1.807) is 0 Å². The van der Waals surface area contributed by atoms with Crippen LogP contribution in [0.4, 0.5) is 0 Å². The molecule has 4 heteroatoms. The van der Waals surface area contributed by atoms with E-state index < -0.39 is 0 Å². The second-order valence-electron chi connectivity index (χ2n) is 5.12. The van der Waals surface area contributed by atoms with Crippen molar-refractivity contribution in [3.05, 3.63) is 11.7 Å². The van der Waals surface area contributed by atoms with Crippen LogP contribution in [0.5, 0.6) is 0 Å². The molecule has 1 saturated carbocycles. The summed E-state index contributed by atoms with van der Waals surface area (Å²) < 4.78 is 5.29. The Morgan fingerprint density at radius 3 is 2.65 bits per heavy atom. The summed E-state index contributed by atoms with van der Waals surface area (Å²) in [6, 6.07) is -0.0818. The summed E-state index contributed by atoms with van der Waals surface area (Å²) in [4.78, 5) is 4.40. The number of hydrogen-bond donors (Lipinski definition) is 1. The van der Waals surface area contributed by atoms with Crippen molar-refractivity contribution in [2.45, 2.75) is 64.3 Å². The van der Waals surface area contributed by atoms with Crippen molar-refractivity contribution in [1.82, 2.24) is 10.1 Å². The van der Waals surface area contributed by atoms with Crippen LogP contribution in [0.1, 0.15) is 69.6 Å². The Hall–Kier alpha value is -0.900. The van der Waals surface area contributed by atoms with Gasteiger partial charge in [-0.2, -0.15) is 4.98 Å². The Labute approximate surface area is 103 Å². The summed E-state index contributed by atoms with van der Waals surface area (Å²) in [5.41, 5.74) is 5.88. The zero-order valence-electron chi connectivity index (χ0n) is 10.7. The molecule has 17 heavy (non-hydrogen) atoms. The first-order valence-corrected chi connectivity index (χ1v) is 6.87. The van der Waals surface area contributed by atoms with Crippen LogP contribution in [-0.2, 0) is 6.42 Å². The SMILES string of the molecule is CCC(N)c1noc(CC2CCCCCC2)n1. The summed E-state index contributed by atoms with van der Waals surface area (Å²) in [5, 5.41) is 3.96. The molecule has 0 amide bonds. The first kappa shape index (κ1) is 12.6. The predicted octanol–water partition coefficient (Wildman–Crippen LogP) is 2.99. The van der Waals surface area contributed by atoms with Crippen LogP contribution in [0, 0.1) is 5.92 Å². The van der Waals surface area contributed by atoms with Crippen LogP contribution < -0.4 is 5.73 Å². The average molecular weight is 237 g/mol. The molecular formula is C13H23N3O. The van der Waals surface area contributed by atoms with Crippen molar-refractivity contribution in [3.8, 4) is 0 Å². The van der Waals surface area contributed by atoms with Gasteiger partial charge in [-0.05, 0) is 25.2 Å². The largest absolute Gasteiger partial charge is 0.339 e. The highest BCUT2D eigenvalue weighted by atomic mass is 16.5. The number of nitrogens with zero attached hydrogens (tertiary/aromatic N) is 2. The molecule has 1 heterocycles. The van der Waals surface area contributed by atoms with E-state index in [0.717, 1.165) is 24.7 Å². The van der Waals surface area contributed by atoms with Crippen LogP contribution in [0.25, 0.3) is 0 Å². The fourth-order valence-electron chi connectivity index (χ4n) is 2.50. The van der Waals surface area contributed by atoms with Gasteiger partial charge in [-0.25, -0.2) is 0 Å². The number of aromatic nitrogens is 2. The zero-order chi connectivity index (χ0) is 12.1. The molecule has 1 atom stereocenters. The Balaban J connectivity index is 1.91. The van der Waals surface area contributed by atoms with E-state index in [4.69, 9.17) is 10.3 Å². The Morgan fingerprint density at radius 1 is 1.29 bits per heavy atom. The summed E-state index contributed by atoms with van der Waals surface area (Å²) in [7, 11) is 0. The van der Waals surface area contributed by atoms with E-state index in [1.165, 1.54) is 38.5 Å². The summed E-state index contributed by atoms with van der Waals surface area (Å²) in [6.45, 7) is 2.03. The fraction of sp³-hybridized carbons (Fsp3) is 0.846. The van der Waals surface area contributed by atoms with Gasteiger partial charge in [-0.15, -0.1) is 0 Å². The van der Waals surface area contributed by atoms with Gasteiger partial charge in [0.1, 0.15) is 0 Å². The third kappa shape index (κ3) is 3.53. The van der Waals surface area contributed by atoms with E-state index in [1.807, 2.05) is 6.92 Å². The molecule has 1 aromatic rings. The normalized spacial score (nSPS) is 20.1. The summed E-state index contributed by atoms with van der Waals surface area (Å²) >= 11 is 0. The van der Waals surface area contributed by atoms with Gasteiger partial charge in [0.25, 0.3) is 0 Å². The highest BCUT2D eigenvalue weighted by Crippen LogP contribution is 2.25. The van der Waals surface area contributed by atoms with Gasteiger partial charge in [-0.1, -0.05) is 37.8 Å². The lowest BCUT2D eigenvalue weighted by atomic mass is 9.97. The van der Waals surface area contributed by atoms with Crippen molar-refractivity contribution >= 4 is 0 Å². The second kappa shape index (κ2) is 6.15. The average Bonchev–Trinajstić information content (AvgIpc) is 2.65. The minimum Gasteiger partial charge on any atom is -0.339 e. The topological polar surface area (TPSA) is 64.9 Å². The minimum absolute atomic E-state index is 0.0818. The maximum atomic E-state index is 5.88. The van der Waals surface area contributed by atoms with Crippen LogP contribution in [0.15, 0.2) is 4.52 Å². The standard InChI is InChI=1S/C13H23N3O/c1-2-11(14)13-15-12(17-16-13)9-10-7-5-3-4-6-8-10/h10-11H,2-9,14H2,1H3. The summed E-state index contributed by atoms with van der Waals surface area (Å²) in [6.07, 6.45) is 9.85. The molecule has 2 N–H and O–H groups in total. The van der Waals surface area contributed by atoms with Gasteiger partial charge in [0.15, 0.2) is 5.82 Å². The Bertz CT molecular complexity index is 329. The van der Waals surface area contributed by atoms with Crippen LogP contribution in [0.2, 0.25) is 0 Å². The monoisotopic (exact) mass is 237 g/mol. The number of nitrogens with two attached hydrogens (primary N) is 1. The van der Waals surface area contributed by atoms with Gasteiger partial charge < -0.3 is 10.3 Å².